The molecule has 0 saturated carbocycles. The molecular formula is C22H23N3O2. The van der Waals surface area contributed by atoms with Gasteiger partial charge in [0.15, 0.2) is 0 Å². The molecule has 3 aromatic rings. The Kier molecular flexibility index (Phi) is 5.71. The number of hydrogen-bond acceptors (Lipinski definition) is 2. The molecule has 0 aliphatic heterocycles. The predicted octanol–water partition coefficient (Wildman–Crippen LogP) is 3.88. The Morgan fingerprint density at radius 3 is 2.67 bits per heavy atom. The van der Waals surface area contributed by atoms with Crippen molar-refractivity contribution < 1.29 is 9.59 Å². The number of hydrogen-bond donors (Lipinski definition) is 2. The van der Waals surface area contributed by atoms with Gasteiger partial charge in [-0.25, -0.2) is 0 Å². The zero-order valence-electron chi connectivity index (χ0n) is 15.4. The van der Waals surface area contributed by atoms with Gasteiger partial charge in [0.25, 0.3) is 0 Å². The fraction of sp³-hybridized carbons (Fsp3) is 0.182. The lowest BCUT2D eigenvalue weighted by Gasteiger charge is -2.18. The summed E-state index contributed by atoms with van der Waals surface area (Å²) in [4.78, 5) is 28.7. The molecule has 3 rings (SSSR count). The van der Waals surface area contributed by atoms with E-state index < -0.39 is 0 Å². The molecule has 1 aromatic heterocycles. The van der Waals surface area contributed by atoms with E-state index in [2.05, 4.69) is 22.9 Å². The number of benzene rings is 2. The molecule has 2 aromatic carbocycles. The zero-order valence-corrected chi connectivity index (χ0v) is 15.4. The first-order valence-corrected chi connectivity index (χ1v) is 8.88. The number of anilines is 1. The van der Waals surface area contributed by atoms with Gasteiger partial charge in [-0.05, 0) is 47.9 Å². The Labute approximate surface area is 158 Å². The molecule has 1 heterocycles. The maximum Gasteiger partial charge on any atom is 0.247 e. The summed E-state index contributed by atoms with van der Waals surface area (Å²) in [6.07, 6.45) is 4.25. The van der Waals surface area contributed by atoms with E-state index in [0.29, 0.717) is 25.1 Å². The maximum absolute atomic E-state index is 12.5. The van der Waals surface area contributed by atoms with E-state index in [1.807, 2.05) is 55.7 Å². The van der Waals surface area contributed by atoms with Crippen LogP contribution in [0, 0.1) is 0 Å². The summed E-state index contributed by atoms with van der Waals surface area (Å²) >= 11 is 0. The highest BCUT2D eigenvalue weighted by Gasteiger charge is 2.11. The lowest BCUT2D eigenvalue weighted by atomic mass is 10.1. The normalized spacial score (nSPS) is 10.6. The molecule has 2 amide bonds. The molecule has 0 aliphatic rings. The molecule has 0 spiro atoms. The molecular weight excluding hydrogens is 338 g/mol. The largest absolute Gasteiger partial charge is 0.361 e. The summed E-state index contributed by atoms with van der Waals surface area (Å²) in [5.41, 5.74) is 3.98. The van der Waals surface area contributed by atoms with Crippen LogP contribution in [-0.4, -0.2) is 28.7 Å². The van der Waals surface area contributed by atoms with Gasteiger partial charge in [-0.1, -0.05) is 30.8 Å². The molecule has 0 fully saturated rings. The van der Waals surface area contributed by atoms with Gasteiger partial charge in [-0.15, -0.1) is 0 Å². The number of aryl methyl sites for hydroxylation is 1. The zero-order chi connectivity index (χ0) is 19.2. The number of fused-ring (bicyclic) bond motifs is 1. The fourth-order valence-electron chi connectivity index (χ4n) is 3.02. The summed E-state index contributed by atoms with van der Waals surface area (Å²) in [5, 5.41) is 3.85. The van der Waals surface area contributed by atoms with Gasteiger partial charge in [-0.3, -0.25) is 9.59 Å². The maximum atomic E-state index is 12.5. The van der Waals surface area contributed by atoms with E-state index in [1.54, 1.807) is 4.90 Å². The topological polar surface area (TPSA) is 65.2 Å². The Bertz CT molecular complexity index is 957. The van der Waals surface area contributed by atoms with Gasteiger partial charge < -0.3 is 15.2 Å². The van der Waals surface area contributed by atoms with Crippen LogP contribution in [0.25, 0.3) is 10.9 Å². The second-order valence-electron chi connectivity index (χ2n) is 6.50. The SMILES string of the molecule is C=CC(=O)Nc1ccc(CCC(=O)N(C)Cc2cccc3[nH]ccc23)cc1. The van der Waals surface area contributed by atoms with Crippen molar-refractivity contribution in [2.45, 2.75) is 19.4 Å². The number of aromatic nitrogens is 1. The molecule has 0 saturated heterocycles. The number of aromatic amines is 1. The fourth-order valence-corrected chi connectivity index (χ4v) is 3.02. The van der Waals surface area contributed by atoms with Gasteiger partial charge >= 0.3 is 0 Å². The number of nitrogens with one attached hydrogen (secondary N) is 2. The average Bonchev–Trinajstić information content (AvgIpc) is 3.17. The molecule has 0 atom stereocenters. The Morgan fingerprint density at radius 2 is 1.93 bits per heavy atom. The number of carbonyl (C=O) groups is 2. The Hall–Kier alpha value is -3.34. The van der Waals surface area contributed by atoms with Gasteiger partial charge in [0, 0.05) is 42.8 Å². The highest BCUT2D eigenvalue weighted by Crippen LogP contribution is 2.19. The van der Waals surface area contributed by atoms with E-state index in [9.17, 15) is 9.59 Å². The van der Waals surface area contributed by atoms with E-state index >= 15 is 0 Å². The van der Waals surface area contributed by atoms with Gasteiger partial charge in [0.05, 0.1) is 0 Å². The van der Waals surface area contributed by atoms with Crippen LogP contribution in [0.2, 0.25) is 0 Å². The highest BCUT2D eigenvalue weighted by atomic mass is 16.2. The first-order chi connectivity index (χ1) is 13.1. The highest BCUT2D eigenvalue weighted by molar-refractivity contribution is 5.98. The van der Waals surface area contributed by atoms with E-state index in [4.69, 9.17) is 0 Å². The number of amides is 2. The quantitative estimate of drug-likeness (QED) is 0.627. The lowest BCUT2D eigenvalue weighted by Crippen LogP contribution is -2.26. The summed E-state index contributed by atoms with van der Waals surface area (Å²) in [5.74, 6) is -0.136. The van der Waals surface area contributed by atoms with Gasteiger partial charge in [0.1, 0.15) is 0 Å². The van der Waals surface area contributed by atoms with Gasteiger partial charge in [0.2, 0.25) is 11.8 Å². The van der Waals surface area contributed by atoms with E-state index in [-0.39, 0.29) is 11.8 Å². The number of nitrogens with zero attached hydrogens (tertiary/aromatic N) is 1. The third-order valence-corrected chi connectivity index (χ3v) is 4.55. The Balaban J connectivity index is 1.55. The van der Waals surface area contributed by atoms with Crippen molar-refractivity contribution in [3.05, 3.63) is 78.5 Å². The minimum atomic E-state index is -0.239. The van der Waals surface area contributed by atoms with Crippen molar-refractivity contribution >= 4 is 28.4 Å². The molecule has 5 nitrogen and oxygen atoms in total. The van der Waals surface area contributed by atoms with Crippen molar-refractivity contribution in [2.75, 3.05) is 12.4 Å². The monoisotopic (exact) mass is 361 g/mol. The lowest BCUT2D eigenvalue weighted by molar-refractivity contribution is -0.130. The van der Waals surface area contributed by atoms with E-state index in [0.717, 1.165) is 22.0 Å². The number of carbonyl (C=O) groups excluding carboxylic acids is 2. The first-order valence-electron chi connectivity index (χ1n) is 8.88. The van der Waals surface area contributed by atoms with Crippen LogP contribution < -0.4 is 5.32 Å². The van der Waals surface area contributed by atoms with E-state index in [1.165, 1.54) is 6.08 Å². The van der Waals surface area contributed by atoms with Gasteiger partial charge in [-0.2, -0.15) is 0 Å². The minimum Gasteiger partial charge on any atom is -0.361 e. The van der Waals surface area contributed by atoms with Crippen LogP contribution in [0.4, 0.5) is 5.69 Å². The minimum absolute atomic E-state index is 0.103. The van der Waals surface area contributed by atoms with Crippen LogP contribution in [-0.2, 0) is 22.6 Å². The van der Waals surface area contributed by atoms with Crippen molar-refractivity contribution in [1.82, 2.24) is 9.88 Å². The average molecular weight is 361 g/mol. The molecule has 0 radical (unpaired) electrons. The second kappa shape index (κ2) is 8.36. The smallest absolute Gasteiger partial charge is 0.247 e. The van der Waals surface area contributed by atoms with Crippen molar-refractivity contribution in [2.24, 2.45) is 0 Å². The molecule has 2 N–H and O–H groups in total. The molecule has 0 bridgehead atoms. The third-order valence-electron chi connectivity index (χ3n) is 4.55. The van der Waals surface area contributed by atoms with Crippen LogP contribution in [0.3, 0.4) is 0 Å². The summed E-state index contributed by atoms with van der Waals surface area (Å²) in [7, 11) is 1.84. The Morgan fingerprint density at radius 1 is 1.15 bits per heavy atom. The number of H-pyrrole nitrogens is 1. The summed E-state index contributed by atoms with van der Waals surface area (Å²) in [6.45, 7) is 4.01. The van der Waals surface area contributed by atoms with Crippen LogP contribution in [0.15, 0.2) is 67.4 Å². The van der Waals surface area contributed by atoms with Crippen LogP contribution in [0.5, 0.6) is 0 Å². The second-order valence-corrected chi connectivity index (χ2v) is 6.50. The molecule has 138 valence electrons. The molecule has 0 unspecified atom stereocenters. The summed E-state index contributed by atoms with van der Waals surface area (Å²) in [6, 6.07) is 15.6. The van der Waals surface area contributed by atoms with Crippen molar-refractivity contribution in [1.29, 1.82) is 0 Å². The summed E-state index contributed by atoms with van der Waals surface area (Å²) < 4.78 is 0. The first kappa shape index (κ1) is 18.5. The molecule has 27 heavy (non-hydrogen) atoms. The number of rotatable bonds is 7. The van der Waals surface area contributed by atoms with Crippen LogP contribution >= 0.6 is 0 Å². The molecule has 0 aliphatic carbocycles. The van der Waals surface area contributed by atoms with Crippen molar-refractivity contribution in [3.8, 4) is 0 Å². The standard InChI is InChI=1S/C22H23N3O2/c1-3-21(26)24-18-10-7-16(8-11-18)9-12-22(27)25(2)15-17-5-4-6-20-19(17)13-14-23-20/h3-8,10-11,13-14,23H,1,9,12,15H2,2H3,(H,24,26). The molecule has 5 heteroatoms. The van der Waals surface area contributed by atoms with Crippen molar-refractivity contribution in [3.63, 3.8) is 0 Å². The van der Waals surface area contributed by atoms with Crippen LogP contribution in [0.1, 0.15) is 17.5 Å². The third kappa shape index (κ3) is 4.64. The predicted molar refractivity (Wildman–Crippen MR) is 108 cm³/mol.